The first kappa shape index (κ1) is 16.1. The van der Waals surface area contributed by atoms with E-state index in [-0.39, 0.29) is 16.7 Å². The molecule has 0 saturated heterocycles. The van der Waals surface area contributed by atoms with Crippen LogP contribution in [0.15, 0.2) is 78.4 Å². The third-order valence-corrected chi connectivity index (χ3v) is 6.12. The van der Waals surface area contributed by atoms with Crippen molar-refractivity contribution in [2.75, 3.05) is 0 Å². The van der Waals surface area contributed by atoms with E-state index in [1.54, 1.807) is 0 Å². The maximum atomic E-state index is 12.9. The first-order chi connectivity index (χ1) is 12.0. The molecule has 0 heterocycles. The Morgan fingerprint density at radius 3 is 2.24 bits per heavy atom. The van der Waals surface area contributed by atoms with Gasteiger partial charge in [-0.3, -0.25) is 4.79 Å². The monoisotopic (exact) mass is 328 g/mol. The highest BCUT2D eigenvalue weighted by Gasteiger charge is 2.55. The Kier molecular flexibility index (Phi) is 3.76. The van der Waals surface area contributed by atoms with Gasteiger partial charge >= 0.3 is 0 Å². The summed E-state index contributed by atoms with van der Waals surface area (Å²) in [5, 5.41) is 0. The molecule has 0 unspecified atom stereocenters. The van der Waals surface area contributed by atoms with Gasteiger partial charge in [0.2, 0.25) is 0 Å². The van der Waals surface area contributed by atoms with Crippen LogP contribution in [0.3, 0.4) is 0 Å². The number of hydrogen-bond donors (Lipinski definition) is 0. The molecule has 0 spiro atoms. The quantitative estimate of drug-likeness (QED) is 0.696. The van der Waals surface area contributed by atoms with Crippen molar-refractivity contribution in [2.45, 2.75) is 32.6 Å². The third-order valence-electron chi connectivity index (χ3n) is 6.12. The van der Waals surface area contributed by atoms with Crippen molar-refractivity contribution in [3.05, 3.63) is 89.5 Å². The van der Waals surface area contributed by atoms with E-state index in [4.69, 9.17) is 0 Å². The zero-order valence-electron chi connectivity index (χ0n) is 14.9. The second kappa shape index (κ2) is 5.84. The fraction of sp³-hybridized carbons (Fsp3) is 0.292. The number of ketones is 1. The van der Waals surface area contributed by atoms with Crippen LogP contribution in [0.2, 0.25) is 0 Å². The first-order valence-electron chi connectivity index (χ1n) is 9.06. The van der Waals surface area contributed by atoms with Gasteiger partial charge in [0.1, 0.15) is 5.78 Å². The van der Waals surface area contributed by atoms with Crippen LogP contribution in [0, 0.1) is 10.8 Å². The Balaban J connectivity index is 1.75. The summed E-state index contributed by atoms with van der Waals surface area (Å²) >= 11 is 0. The second-order valence-corrected chi connectivity index (χ2v) is 7.95. The summed E-state index contributed by atoms with van der Waals surface area (Å²) in [7, 11) is 0. The molecule has 2 aliphatic carbocycles. The Labute approximate surface area is 150 Å². The van der Waals surface area contributed by atoms with Gasteiger partial charge in [0.05, 0.1) is 0 Å². The fourth-order valence-electron chi connectivity index (χ4n) is 4.73. The van der Waals surface area contributed by atoms with Crippen molar-refractivity contribution in [3.63, 3.8) is 0 Å². The molecule has 0 N–H and O–H groups in total. The average molecular weight is 328 g/mol. The van der Waals surface area contributed by atoms with E-state index in [0.717, 1.165) is 6.42 Å². The zero-order chi connectivity index (χ0) is 17.5. The highest BCUT2D eigenvalue weighted by molar-refractivity contribution is 5.90. The van der Waals surface area contributed by atoms with Crippen molar-refractivity contribution in [3.8, 4) is 0 Å². The molecule has 2 bridgehead atoms. The van der Waals surface area contributed by atoms with Gasteiger partial charge in [0, 0.05) is 23.2 Å². The van der Waals surface area contributed by atoms with Gasteiger partial charge in [0.15, 0.2) is 0 Å². The molecule has 2 aliphatic rings. The molecule has 0 aliphatic heterocycles. The SMILES string of the molecule is C[C@]12C[C@@](C)(C=C1C=Cc1ccccc1)C(=O)C[C@H]2c1ccccc1. The van der Waals surface area contributed by atoms with Crippen LogP contribution in [0.4, 0.5) is 0 Å². The predicted molar refractivity (Wildman–Crippen MR) is 103 cm³/mol. The number of carbonyl (C=O) groups is 1. The van der Waals surface area contributed by atoms with Crippen LogP contribution in [0.5, 0.6) is 0 Å². The van der Waals surface area contributed by atoms with Crippen molar-refractivity contribution >= 4 is 11.9 Å². The lowest BCUT2D eigenvalue weighted by molar-refractivity contribution is -0.130. The third kappa shape index (κ3) is 2.68. The van der Waals surface area contributed by atoms with E-state index in [9.17, 15) is 4.79 Å². The summed E-state index contributed by atoms with van der Waals surface area (Å²) in [5.74, 6) is 0.630. The van der Waals surface area contributed by atoms with Crippen LogP contribution >= 0.6 is 0 Å². The number of benzene rings is 2. The van der Waals surface area contributed by atoms with Crippen LogP contribution in [-0.4, -0.2) is 5.78 Å². The van der Waals surface area contributed by atoms with Gasteiger partial charge in [-0.15, -0.1) is 0 Å². The molecule has 1 nitrogen and oxygen atoms in total. The summed E-state index contributed by atoms with van der Waals surface area (Å²) in [6, 6.07) is 20.9. The lowest BCUT2D eigenvalue weighted by Gasteiger charge is -2.43. The minimum Gasteiger partial charge on any atom is -0.299 e. The molecule has 4 rings (SSSR count). The number of Topliss-reactive ketones (excluding diaryl/α,β-unsaturated/α-hetero) is 1. The van der Waals surface area contributed by atoms with E-state index < -0.39 is 0 Å². The highest BCUT2D eigenvalue weighted by Crippen LogP contribution is 2.61. The lowest BCUT2D eigenvalue weighted by atomic mass is 9.59. The van der Waals surface area contributed by atoms with Gasteiger partial charge < -0.3 is 0 Å². The smallest absolute Gasteiger partial charge is 0.143 e. The van der Waals surface area contributed by atoms with E-state index >= 15 is 0 Å². The molecule has 0 amide bonds. The number of carbonyl (C=O) groups excluding carboxylic acids is 1. The predicted octanol–water partition coefficient (Wildman–Crippen LogP) is 5.80. The molecule has 3 atom stereocenters. The summed E-state index contributed by atoms with van der Waals surface area (Å²) in [6.07, 6.45) is 8.18. The molecule has 1 saturated carbocycles. The number of fused-ring (bicyclic) bond motifs is 2. The maximum absolute atomic E-state index is 12.9. The minimum atomic E-state index is -0.309. The summed E-state index contributed by atoms with van der Waals surface area (Å²) in [4.78, 5) is 12.9. The number of rotatable bonds is 3. The molecule has 1 heteroatoms. The van der Waals surface area contributed by atoms with Crippen LogP contribution < -0.4 is 0 Å². The zero-order valence-corrected chi connectivity index (χ0v) is 14.9. The Morgan fingerprint density at radius 1 is 0.920 bits per heavy atom. The summed E-state index contributed by atoms with van der Waals surface area (Å²) < 4.78 is 0. The summed E-state index contributed by atoms with van der Waals surface area (Å²) in [6.45, 7) is 4.45. The Morgan fingerprint density at radius 2 is 1.56 bits per heavy atom. The minimum absolute atomic E-state index is 0.00922. The van der Waals surface area contributed by atoms with Crippen LogP contribution in [-0.2, 0) is 4.79 Å². The van der Waals surface area contributed by atoms with Crippen LogP contribution in [0.1, 0.15) is 43.7 Å². The summed E-state index contributed by atoms with van der Waals surface area (Å²) in [5.41, 5.74) is 3.48. The second-order valence-electron chi connectivity index (χ2n) is 7.95. The first-order valence-corrected chi connectivity index (χ1v) is 9.06. The molecule has 25 heavy (non-hydrogen) atoms. The molecule has 2 aromatic carbocycles. The van der Waals surface area contributed by atoms with Gasteiger partial charge in [-0.25, -0.2) is 0 Å². The fourth-order valence-corrected chi connectivity index (χ4v) is 4.73. The number of hydrogen-bond acceptors (Lipinski definition) is 1. The molecule has 1 fully saturated rings. The molecule has 126 valence electrons. The van der Waals surface area contributed by atoms with E-state index in [1.807, 2.05) is 12.1 Å². The van der Waals surface area contributed by atoms with Gasteiger partial charge in [-0.05, 0) is 30.0 Å². The lowest BCUT2D eigenvalue weighted by Crippen LogP contribution is -2.39. The molecule has 0 aromatic heterocycles. The Bertz CT molecular complexity index is 846. The maximum Gasteiger partial charge on any atom is 0.143 e. The normalized spacial score (nSPS) is 31.4. The van der Waals surface area contributed by atoms with Crippen LogP contribution in [0.25, 0.3) is 6.08 Å². The number of allylic oxidation sites excluding steroid dienone is 3. The average Bonchev–Trinajstić information content (AvgIpc) is 2.87. The van der Waals surface area contributed by atoms with Crippen molar-refractivity contribution in [2.24, 2.45) is 10.8 Å². The van der Waals surface area contributed by atoms with Crippen molar-refractivity contribution < 1.29 is 4.79 Å². The molecular formula is C24H24O. The molecule has 0 radical (unpaired) electrons. The molecule has 2 aromatic rings. The molecular weight excluding hydrogens is 304 g/mol. The van der Waals surface area contributed by atoms with Crippen molar-refractivity contribution in [1.82, 2.24) is 0 Å². The van der Waals surface area contributed by atoms with Gasteiger partial charge in [-0.1, -0.05) is 85.8 Å². The highest BCUT2D eigenvalue weighted by atomic mass is 16.1. The van der Waals surface area contributed by atoms with Crippen molar-refractivity contribution in [1.29, 1.82) is 0 Å². The largest absolute Gasteiger partial charge is 0.299 e. The van der Waals surface area contributed by atoms with Gasteiger partial charge in [-0.2, -0.15) is 0 Å². The van der Waals surface area contributed by atoms with E-state index in [1.165, 1.54) is 16.7 Å². The van der Waals surface area contributed by atoms with E-state index in [2.05, 4.69) is 80.6 Å². The standard InChI is InChI=1S/C24H24O/c1-23-16-20(14-13-18-9-5-3-6-10-18)24(2,17-23)21(15-22(23)25)19-11-7-4-8-12-19/h3-14,16,21H,15,17H2,1-2H3/t21-,23+,24-/m0/s1. The van der Waals surface area contributed by atoms with Gasteiger partial charge in [0.25, 0.3) is 0 Å². The topological polar surface area (TPSA) is 17.1 Å². The Hall–Kier alpha value is -2.41. The van der Waals surface area contributed by atoms with E-state index in [0.29, 0.717) is 12.2 Å².